The fraction of sp³-hybridized carbons (Fsp3) is 0.294. The minimum Gasteiger partial charge on any atom is -0.306 e. The average Bonchev–Trinajstić information content (AvgIpc) is 2.45. The van der Waals surface area contributed by atoms with Crippen LogP contribution < -0.4 is 5.32 Å². The Morgan fingerprint density at radius 1 is 1.14 bits per heavy atom. The SMILES string of the molecule is CCCNC(c1ccc(Cl)c(C)c1)c1c(F)cccc1F. The molecule has 2 aromatic rings. The van der Waals surface area contributed by atoms with Crippen molar-refractivity contribution >= 4 is 11.6 Å². The van der Waals surface area contributed by atoms with Gasteiger partial charge in [-0.3, -0.25) is 0 Å². The van der Waals surface area contributed by atoms with Gasteiger partial charge in [0, 0.05) is 10.6 Å². The molecule has 0 amide bonds. The van der Waals surface area contributed by atoms with Crippen molar-refractivity contribution in [2.45, 2.75) is 26.3 Å². The summed E-state index contributed by atoms with van der Waals surface area (Å²) in [6.45, 7) is 4.55. The van der Waals surface area contributed by atoms with E-state index < -0.39 is 17.7 Å². The normalized spacial score (nSPS) is 12.4. The maximum Gasteiger partial charge on any atom is 0.131 e. The van der Waals surface area contributed by atoms with Gasteiger partial charge in [0.25, 0.3) is 0 Å². The highest BCUT2D eigenvalue weighted by molar-refractivity contribution is 6.31. The Hall–Kier alpha value is -1.45. The number of benzene rings is 2. The van der Waals surface area contributed by atoms with Crippen molar-refractivity contribution in [2.75, 3.05) is 6.54 Å². The zero-order chi connectivity index (χ0) is 15.4. The van der Waals surface area contributed by atoms with Gasteiger partial charge in [0.15, 0.2) is 0 Å². The molecule has 0 heterocycles. The Morgan fingerprint density at radius 2 is 1.81 bits per heavy atom. The first-order valence-corrected chi connectivity index (χ1v) is 7.35. The number of halogens is 3. The topological polar surface area (TPSA) is 12.0 Å². The van der Waals surface area contributed by atoms with E-state index in [4.69, 9.17) is 11.6 Å². The molecule has 0 spiro atoms. The molecule has 0 saturated carbocycles. The lowest BCUT2D eigenvalue weighted by Crippen LogP contribution is -2.25. The van der Waals surface area contributed by atoms with Crippen LogP contribution in [0.3, 0.4) is 0 Å². The first kappa shape index (κ1) is 15.9. The molecule has 1 unspecified atom stereocenters. The van der Waals surface area contributed by atoms with E-state index in [1.807, 2.05) is 19.9 Å². The molecule has 112 valence electrons. The molecule has 1 nitrogen and oxygen atoms in total. The van der Waals surface area contributed by atoms with E-state index in [-0.39, 0.29) is 5.56 Å². The standard InChI is InChI=1S/C17H18ClF2N/c1-3-9-21-17(12-7-8-13(18)11(2)10-12)16-14(19)5-4-6-15(16)20/h4-8,10,17,21H,3,9H2,1-2H3. The smallest absolute Gasteiger partial charge is 0.131 e. The van der Waals surface area contributed by atoms with Crippen molar-refractivity contribution in [1.82, 2.24) is 5.32 Å². The molecule has 0 aliphatic carbocycles. The number of aryl methyl sites for hydroxylation is 1. The molecule has 2 rings (SSSR count). The lowest BCUT2D eigenvalue weighted by molar-refractivity contribution is 0.503. The molecule has 0 radical (unpaired) electrons. The molecule has 4 heteroatoms. The highest BCUT2D eigenvalue weighted by Gasteiger charge is 2.21. The van der Waals surface area contributed by atoms with Gasteiger partial charge in [0.05, 0.1) is 6.04 Å². The second kappa shape index (κ2) is 7.01. The Bertz CT molecular complexity index is 608. The van der Waals surface area contributed by atoms with E-state index in [2.05, 4.69) is 5.32 Å². The van der Waals surface area contributed by atoms with Gasteiger partial charge >= 0.3 is 0 Å². The maximum absolute atomic E-state index is 14.1. The Labute approximate surface area is 128 Å². The summed E-state index contributed by atoms with van der Waals surface area (Å²) in [4.78, 5) is 0. The highest BCUT2D eigenvalue weighted by atomic mass is 35.5. The molecule has 1 N–H and O–H groups in total. The summed E-state index contributed by atoms with van der Waals surface area (Å²) in [5.74, 6) is -1.09. The Balaban J connectivity index is 2.49. The van der Waals surface area contributed by atoms with Crippen molar-refractivity contribution in [1.29, 1.82) is 0 Å². The first-order valence-electron chi connectivity index (χ1n) is 6.98. The van der Waals surface area contributed by atoms with Gasteiger partial charge in [-0.2, -0.15) is 0 Å². The highest BCUT2D eigenvalue weighted by Crippen LogP contribution is 2.29. The van der Waals surface area contributed by atoms with Crippen molar-refractivity contribution in [3.63, 3.8) is 0 Å². The van der Waals surface area contributed by atoms with Crippen LogP contribution in [0.25, 0.3) is 0 Å². The van der Waals surface area contributed by atoms with E-state index in [1.54, 1.807) is 12.1 Å². The molecule has 21 heavy (non-hydrogen) atoms. The number of hydrogen-bond donors (Lipinski definition) is 1. The van der Waals surface area contributed by atoms with E-state index in [1.165, 1.54) is 18.2 Å². The quantitative estimate of drug-likeness (QED) is 0.818. The van der Waals surface area contributed by atoms with Gasteiger partial charge in [-0.05, 0) is 49.2 Å². The second-order valence-electron chi connectivity index (χ2n) is 5.03. The van der Waals surface area contributed by atoms with Gasteiger partial charge in [0.1, 0.15) is 11.6 Å². The average molecular weight is 310 g/mol. The molecule has 0 fully saturated rings. The van der Waals surface area contributed by atoms with E-state index in [9.17, 15) is 8.78 Å². The van der Waals surface area contributed by atoms with Gasteiger partial charge in [-0.15, -0.1) is 0 Å². The zero-order valence-electron chi connectivity index (χ0n) is 12.1. The molecule has 1 atom stereocenters. The molecule has 0 aliphatic rings. The molecular weight excluding hydrogens is 292 g/mol. The van der Waals surface area contributed by atoms with Crippen LogP contribution in [0.2, 0.25) is 5.02 Å². The molecule has 2 aromatic carbocycles. The van der Waals surface area contributed by atoms with E-state index in [0.29, 0.717) is 11.6 Å². The van der Waals surface area contributed by atoms with E-state index in [0.717, 1.165) is 17.5 Å². The van der Waals surface area contributed by atoms with E-state index >= 15 is 0 Å². The summed E-state index contributed by atoms with van der Waals surface area (Å²) in [6, 6.07) is 8.82. The minimum absolute atomic E-state index is 0.0488. The van der Waals surface area contributed by atoms with Crippen molar-refractivity contribution < 1.29 is 8.78 Å². The summed E-state index contributed by atoms with van der Waals surface area (Å²) in [5, 5.41) is 3.85. The summed E-state index contributed by atoms with van der Waals surface area (Å²) >= 11 is 6.03. The van der Waals surface area contributed by atoms with Crippen LogP contribution in [0, 0.1) is 18.6 Å². The van der Waals surface area contributed by atoms with Crippen molar-refractivity contribution in [3.05, 3.63) is 69.7 Å². The van der Waals surface area contributed by atoms with Crippen molar-refractivity contribution in [2.24, 2.45) is 0 Å². The fourth-order valence-corrected chi connectivity index (χ4v) is 2.43. The Morgan fingerprint density at radius 3 is 2.38 bits per heavy atom. The predicted molar refractivity (Wildman–Crippen MR) is 82.7 cm³/mol. The zero-order valence-corrected chi connectivity index (χ0v) is 12.8. The van der Waals surface area contributed by atoms with Crippen LogP contribution in [0.1, 0.15) is 36.1 Å². The Kier molecular flexibility index (Phi) is 5.32. The molecule has 0 saturated heterocycles. The van der Waals surface area contributed by atoms with Crippen LogP contribution in [-0.4, -0.2) is 6.54 Å². The molecule has 0 aromatic heterocycles. The van der Waals surface area contributed by atoms with Gasteiger partial charge in [0.2, 0.25) is 0 Å². The van der Waals surface area contributed by atoms with Gasteiger partial charge in [-0.25, -0.2) is 8.78 Å². The maximum atomic E-state index is 14.1. The molecular formula is C17H18ClF2N. The first-order chi connectivity index (χ1) is 10.0. The van der Waals surface area contributed by atoms with Crippen LogP contribution >= 0.6 is 11.6 Å². The predicted octanol–water partition coefficient (Wildman–Crippen LogP) is 5.02. The number of nitrogens with one attached hydrogen (secondary N) is 1. The monoisotopic (exact) mass is 309 g/mol. The number of hydrogen-bond acceptors (Lipinski definition) is 1. The van der Waals surface area contributed by atoms with Crippen LogP contribution in [-0.2, 0) is 0 Å². The summed E-state index contributed by atoms with van der Waals surface area (Å²) in [7, 11) is 0. The van der Waals surface area contributed by atoms with Gasteiger partial charge < -0.3 is 5.32 Å². The van der Waals surface area contributed by atoms with Crippen LogP contribution in [0.15, 0.2) is 36.4 Å². The van der Waals surface area contributed by atoms with Crippen LogP contribution in [0.5, 0.6) is 0 Å². The summed E-state index contributed by atoms with van der Waals surface area (Å²) in [5.41, 5.74) is 1.73. The van der Waals surface area contributed by atoms with Crippen molar-refractivity contribution in [3.8, 4) is 0 Å². The molecule has 0 aliphatic heterocycles. The lowest BCUT2D eigenvalue weighted by Gasteiger charge is -2.21. The van der Waals surface area contributed by atoms with Crippen LogP contribution in [0.4, 0.5) is 8.78 Å². The fourth-order valence-electron chi connectivity index (χ4n) is 2.31. The summed E-state index contributed by atoms with van der Waals surface area (Å²) < 4.78 is 28.2. The molecule has 0 bridgehead atoms. The largest absolute Gasteiger partial charge is 0.306 e. The third-order valence-corrected chi connectivity index (χ3v) is 3.83. The second-order valence-corrected chi connectivity index (χ2v) is 5.44. The number of rotatable bonds is 5. The van der Waals surface area contributed by atoms with Gasteiger partial charge in [-0.1, -0.05) is 36.7 Å². The third kappa shape index (κ3) is 3.60. The third-order valence-electron chi connectivity index (χ3n) is 3.40. The summed E-state index contributed by atoms with van der Waals surface area (Å²) in [6.07, 6.45) is 0.874. The minimum atomic E-state index is -0.545. The lowest BCUT2D eigenvalue weighted by atomic mass is 9.96.